The highest BCUT2D eigenvalue weighted by atomic mass is 31.2. The van der Waals surface area contributed by atoms with Crippen LogP contribution in [0.5, 0.6) is 0 Å². The highest BCUT2D eigenvalue weighted by molar-refractivity contribution is 7.47. The van der Waals surface area contributed by atoms with E-state index in [1.54, 1.807) is 0 Å². The first-order chi connectivity index (χ1) is 48.1. The van der Waals surface area contributed by atoms with Gasteiger partial charge in [-0.3, -0.25) is 37.3 Å². The predicted octanol–water partition coefficient (Wildman–Crippen LogP) is 24.0. The molecule has 0 aliphatic rings. The van der Waals surface area contributed by atoms with E-state index in [0.29, 0.717) is 31.6 Å². The van der Waals surface area contributed by atoms with Crippen molar-refractivity contribution in [3.63, 3.8) is 0 Å². The molecule has 3 N–H and O–H groups in total. The number of hydrogen-bond donors (Lipinski definition) is 3. The Morgan fingerprint density at radius 2 is 0.420 bits per heavy atom. The Morgan fingerprint density at radius 3 is 0.620 bits per heavy atom. The smallest absolute Gasteiger partial charge is 0.462 e. The highest BCUT2D eigenvalue weighted by Crippen LogP contribution is 2.45. The number of carbonyl (C=O) groups is 4. The molecule has 0 aromatic rings. The lowest BCUT2D eigenvalue weighted by atomic mass is 10.0. The Bertz CT molecular complexity index is 1950. The SMILES string of the molecule is CC(C)CCCCCCCCCCCCCCCCCC(=O)O[C@H](COC(=O)CCCCCCCCCC(C)C)COP(=O)(O)OCC(O)COP(=O)(O)OC[C@@H](COC(=O)CCCCCCCCCCCCCCCCC(C)C)OC(=O)CCCCCCCCCCCCCCC(C)C. The second kappa shape index (κ2) is 70.1. The van der Waals surface area contributed by atoms with Gasteiger partial charge in [0.05, 0.1) is 26.4 Å². The van der Waals surface area contributed by atoms with E-state index in [4.69, 9.17) is 37.0 Å². The van der Waals surface area contributed by atoms with Gasteiger partial charge in [-0.1, -0.05) is 364 Å². The molecule has 0 aliphatic carbocycles. The number of hydrogen-bond acceptors (Lipinski definition) is 15. The van der Waals surface area contributed by atoms with Gasteiger partial charge in [-0.05, 0) is 49.4 Å². The fourth-order valence-corrected chi connectivity index (χ4v) is 14.0. The molecule has 0 spiro atoms. The molecule has 5 atom stereocenters. The molecule has 0 aromatic heterocycles. The summed E-state index contributed by atoms with van der Waals surface area (Å²) in [5.41, 5.74) is 0. The molecule has 0 bridgehead atoms. The van der Waals surface area contributed by atoms with Crippen LogP contribution >= 0.6 is 15.6 Å². The largest absolute Gasteiger partial charge is 0.472 e. The Kier molecular flexibility index (Phi) is 68.7. The minimum absolute atomic E-state index is 0.107. The number of ether oxygens (including phenoxy) is 4. The van der Waals surface area contributed by atoms with E-state index >= 15 is 0 Å². The van der Waals surface area contributed by atoms with Crippen LogP contribution in [-0.2, 0) is 65.4 Å². The molecule has 3 unspecified atom stereocenters. The summed E-state index contributed by atoms with van der Waals surface area (Å²) in [5, 5.41) is 10.6. The number of rotatable bonds is 78. The quantitative estimate of drug-likeness (QED) is 0.0222. The van der Waals surface area contributed by atoms with E-state index in [-0.39, 0.29) is 25.7 Å². The van der Waals surface area contributed by atoms with Gasteiger partial charge in [0, 0.05) is 25.7 Å². The van der Waals surface area contributed by atoms with Gasteiger partial charge in [-0.25, -0.2) is 9.13 Å². The lowest BCUT2D eigenvalue weighted by molar-refractivity contribution is -0.161. The molecule has 0 aromatic carbocycles. The Balaban J connectivity index is 5.24. The fourth-order valence-electron chi connectivity index (χ4n) is 12.4. The Morgan fingerprint density at radius 1 is 0.250 bits per heavy atom. The summed E-state index contributed by atoms with van der Waals surface area (Å²) in [7, 11) is -9.92. The van der Waals surface area contributed by atoms with Gasteiger partial charge in [-0.15, -0.1) is 0 Å². The first-order valence-electron chi connectivity index (χ1n) is 41.7. The van der Waals surface area contributed by atoms with Crippen molar-refractivity contribution in [2.75, 3.05) is 39.6 Å². The first-order valence-corrected chi connectivity index (χ1v) is 44.7. The molecule has 17 nitrogen and oxygen atoms in total. The van der Waals surface area contributed by atoms with Crippen molar-refractivity contribution >= 4 is 39.5 Å². The van der Waals surface area contributed by atoms with E-state index in [0.717, 1.165) is 114 Å². The second-order valence-corrected chi connectivity index (χ2v) is 34.0. The molecule has 0 rings (SSSR count). The lowest BCUT2D eigenvalue weighted by Gasteiger charge is -2.21. The van der Waals surface area contributed by atoms with Crippen LogP contribution in [0, 0.1) is 23.7 Å². The van der Waals surface area contributed by atoms with Crippen molar-refractivity contribution in [1.29, 1.82) is 0 Å². The third-order valence-electron chi connectivity index (χ3n) is 18.8. The number of aliphatic hydroxyl groups excluding tert-OH is 1. The molecule has 0 aliphatic heterocycles. The minimum Gasteiger partial charge on any atom is -0.462 e. The van der Waals surface area contributed by atoms with Crippen LogP contribution in [0.3, 0.4) is 0 Å². The summed E-state index contributed by atoms with van der Waals surface area (Å²) in [6.45, 7) is 14.3. The molecule has 0 heterocycles. The van der Waals surface area contributed by atoms with E-state index in [9.17, 15) is 43.2 Å². The Labute approximate surface area is 613 Å². The van der Waals surface area contributed by atoms with E-state index in [2.05, 4.69) is 55.4 Å². The number of esters is 4. The van der Waals surface area contributed by atoms with E-state index < -0.39 is 97.5 Å². The molecule has 0 saturated heterocycles. The van der Waals surface area contributed by atoms with Crippen LogP contribution in [0.1, 0.15) is 415 Å². The average Bonchev–Trinajstić information content (AvgIpc) is 0.939. The fraction of sp³-hybridized carbons (Fsp3) is 0.951. The van der Waals surface area contributed by atoms with Crippen LogP contribution in [0.15, 0.2) is 0 Å². The number of phosphoric ester groups is 2. The molecule has 0 fully saturated rings. The molecule has 100 heavy (non-hydrogen) atoms. The van der Waals surface area contributed by atoms with E-state index in [1.165, 1.54) is 212 Å². The van der Waals surface area contributed by atoms with Crippen LogP contribution in [0.25, 0.3) is 0 Å². The zero-order valence-corrected chi connectivity index (χ0v) is 67.6. The zero-order valence-electron chi connectivity index (χ0n) is 65.8. The molecular formula is C81H158O17P2. The monoisotopic (exact) mass is 1470 g/mol. The van der Waals surface area contributed by atoms with Crippen molar-refractivity contribution in [3.8, 4) is 0 Å². The summed E-state index contributed by atoms with van der Waals surface area (Å²) in [6.07, 6.45) is 56.9. The maximum Gasteiger partial charge on any atom is 0.472 e. The van der Waals surface area contributed by atoms with Crippen molar-refractivity contribution in [1.82, 2.24) is 0 Å². The van der Waals surface area contributed by atoms with Crippen molar-refractivity contribution in [3.05, 3.63) is 0 Å². The maximum atomic E-state index is 13.1. The van der Waals surface area contributed by atoms with Crippen molar-refractivity contribution in [2.45, 2.75) is 433 Å². The predicted molar refractivity (Wildman–Crippen MR) is 409 cm³/mol. The van der Waals surface area contributed by atoms with Gasteiger partial charge in [0.15, 0.2) is 12.2 Å². The summed E-state index contributed by atoms with van der Waals surface area (Å²) >= 11 is 0. The molecule has 594 valence electrons. The normalized spacial score (nSPS) is 14.0. The molecule has 0 saturated carbocycles. The summed E-state index contributed by atoms with van der Waals surface area (Å²) < 4.78 is 68.7. The van der Waals surface area contributed by atoms with Crippen molar-refractivity contribution in [2.24, 2.45) is 23.7 Å². The van der Waals surface area contributed by atoms with Gasteiger partial charge < -0.3 is 33.8 Å². The second-order valence-electron chi connectivity index (χ2n) is 31.1. The first kappa shape index (κ1) is 98.1. The third kappa shape index (κ3) is 74.3. The molecule has 0 amide bonds. The van der Waals surface area contributed by atoms with Gasteiger partial charge in [0.1, 0.15) is 19.3 Å². The highest BCUT2D eigenvalue weighted by Gasteiger charge is 2.30. The lowest BCUT2D eigenvalue weighted by Crippen LogP contribution is -2.30. The third-order valence-corrected chi connectivity index (χ3v) is 20.7. The number of phosphoric acid groups is 2. The molecular weight excluding hydrogens is 1310 g/mol. The number of unbranched alkanes of at least 4 members (excludes halogenated alkanes) is 44. The van der Waals surface area contributed by atoms with Crippen LogP contribution in [0.2, 0.25) is 0 Å². The summed E-state index contributed by atoms with van der Waals surface area (Å²) in [4.78, 5) is 73.0. The molecule has 0 radical (unpaired) electrons. The Hall–Kier alpha value is -1.94. The topological polar surface area (TPSA) is 237 Å². The minimum atomic E-state index is -4.96. The summed E-state index contributed by atoms with van der Waals surface area (Å²) in [6, 6.07) is 0. The van der Waals surface area contributed by atoms with Gasteiger partial charge in [-0.2, -0.15) is 0 Å². The zero-order chi connectivity index (χ0) is 73.8. The van der Waals surface area contributed by atoms with Crippen LogP contribution < -0.4 is 0 Å². The average molecular weight is 1470 g/mol. The van der Waals surface area contributed by atoms with Gasteiger partial charge >= 0.3 is 39.5 Å². The van der Waals surface area contributed by atoms with Crippen molar-refractivity contribution < 1.29 is 80.2 Å². The molecule has 19 heteroatoms. The van der Waals surface area contributed by atoms with Crippen LogP contribution in [-0.4, -0.2) is 96.7 Å². The van der Waals surface area contributed by atoms with Gasteiger partial charge in [0.2, 0.25) is 0 Å². The van der Waals surface area contributed by atoms with Crippen LogP contribution in [0.4, 0.5) is 0 Å². The number of aliphatic hydroxyl groups is 1. The number of carbonyl (C=O) groups excluding carboxylic acids is 4. The summed E-state index contributed by atoms with van der Waals surface area (Å²) in [5.74, 6) is 0.969. The maximum absolute atomic E-state index is 13.1. The van der Waals surface area contributed by atoms with E-state index in [1.807, 2.05) is 0 Å². The standard InChI is InChI=1S/C81H158O17P2/c1-71(2)57-49-41-33-26-20-14-10-9-11-17-24-30-38-47-55-63-80(85)98-77(68-92-79(84)62-54-46-40-32-36-44-52-60-74(7)8)70-96-100(89,90)94-66-75(82)65-93-99(87,88)95-69-76(97-81(86)64-56-48-39-31-25-19-18-22-28-35-43-51-59-73(5)6)67-91-78(83)61-53-45-37-29-23-16-13-12-15-21-27-34-42-50-58-72(3)4/h71-77,82H,9-70H2,1-8H3,(H,87,88)(H,89,90)/t75?,76-,77-/m1/s1. The van der Waals surface area contributed by atoms with Gasteiger partial charge in [0.25, 0.3) is 0 Å².